The highest BCUT2D eigenvalue weighted by Gasteiger charge is 2.51. The molecule has 0 bridgehead atoms. The monoisotopic (exact) mass is 759 g/mol. The van der Waals surface area contributed by atoms with Crippen LogP contribution in [0.5, 0.6) is 11.5 Å². The molecule has 7 aromatic carbocycles. The van der Waals surface area contributed by atoms with E-state index in [9.17, 15) is 0 Å². The van der Waals surface area contributed by atoms with Crippen molar-refractivity contribution in [1.82, 2.24) is 14.0 Å². The highest BCUT2D eigenvalue weighted by molar-refractivity contribution is 7.20. The van der Waals surface area contributed by atoms with E-state index in [1.807, 2.05) is 0 Å². The number of nitrogens with zero attached hydrogens (tertiary/aromatic N) is 3. The van der Waals surface area contributed by atoms with Gasteiger partial charge in [0.05, 0.1) is 39.7 Å². The van der Waals surface area contributed by atoms with Gasteiger partial charge >= 0.3 is 0 Å². The van der Waals surface area contributed by atoms with Crippen molar-refractivity contribution < 1.29 is 4.74 Å². The van der Waals surface area contributed by atoms with E-state index in [-0.39, 0.29) is 4.66 Å². The number of aromatic nitrogens is 3. The molecule has 10 rings (SSSR count). The molecule has 2 radical (unpaired) electrons. The topological polar surface area (TPSA) is 31.5 Å². The standard InChI is InChI=1S/C48H41N3OSi3/c1-53(2)48(54(3)4)38-25-11-16-31-44(38)52-46-39(48)26-18-32-45(46)55(35-20-7-5-8-21-35,36-22-9-6-10-23-36)37-24-17-19-34(33-37)50-42-29-14-15-30-43(42)51-41-28-13-12-27-40(41)49-47(50)51/h5-33H,1-4H3. The van der Waals surface area contributed by atoms with Gasteiger partial charge in [0.2, 0.25) is 5.78 Å². The number of imidazole rings is 2. The Morgan fingerprint density at radius 3 is 1.80 bits per heavy atom. The quantitative estimate of drug-likeness (QED) is 0.120. The molecule has 4 nitrogen and oxygen atoms in total. The van der Waals surface area contributed by atoms with Crippen LogP contribution in [0.25, 0.3) is 33.5 Å². The molecule has 0 spiro atoms. The molecule has 266 valence electrons. The van der Waals surface area contributed by atoms with Crippen molar-refractivity contribution in [3.8, 4) is 17.2 Å². The molecule has 3 heterocycles. The Balaban J connectivity index is 1.32. The molecule has 1 aliphatic rings. The van der Waals surface area contributed by atoms with Gasteiger partial charge in [0.15, 0.2) is 8.07 Å². The fraction of sp³-hybridized carbons (Fsp3) is 0.104. The van der Waals surface area contributed by atoms with Crippen LogP contribution in [0.15, 0.2) is 176 Å². The predicted molar refractivity (Wildman–Crippen MR) is 235 cm³/mol. The van der Waals surface area contributed by atoms with Crippen LogP contribution >= 0.6 is 0 Å². The smallest absolute Gasteiger partial charge is 0.220 e. The first-order valence-corrected chi connectivity index (χ1v) is 26.1. The minimum absolute atomic E-state index is 0.0385. The lowest BCUT2D eigenvalue weighted by molar-refractivity contribution is 0.454. The van der Waals surface area contributed by atoms with Gasteiger partial charge < -0.3 is 4.74 Å². The molecular weight excluding hydrogens is 719 g/mol. The van der Waals surface area contributed by atoms with Crippen molar-refractivity contribution >= 4 is 74.3 Å². The van der Waals surface area contributed by atoms with Crippen LogP contribution < -0.4 is 25.5 Å². The van der Waals surface area contributed by atoms with Crippen LogP contribution in [0.2, 0.25) is 26.2 Å². The molecule has 7 heteroatoms. The van der Waals surface area contributed by atoms with Crippen LogP contribution in [-0.2, 0) is 4.66 Å². The van der Waals surface area contributed by atoms with E-state index in [4.69, 9.17) is 9.72 Å². The van der Waals surface area contributed by atoms with E-state index >= 15 is 0 Å². The molecule has 2 aromatic heterocycles. The lowest BCUT2D eigenvalue weighted by Gasteiger charge is -2.47. The Morgan fingerprint density at radius 1 is 0.527 bits per heavy atom. The van der Waals surface area contributed by atoms with Crippen molar-refractivity contribution in [3.05, 3.63) is 187 Å². The number of hydrogen-bond acceptors (Lipinski definition) is 2. The van der Waals surface area contributed by atoms with Gasteiger partial charge in [-0.1, -0.05) is 160 Å². The van der Waals surface area contributed by atoms with Crippen LogP contribution in [0, 0.1) is 0 Å². The van der Waals surface area contributed by atoms with Gasteiger partial charge in [0, 0.05) is 10.3 Å². The van der Waals surface area contributed by atoms with E-state index in [0.717, 1.165) is 45.0 Å². The van der Waals surface area contributed by atoms with Crippen molar-refractivity contribution in [1.29, 1.82) is 0 Å². The number of benzene rings is 7. The van der Waals surface area contributed by atoms with Crippen LogP contribution in [-0.4, -0.2) is 39.6 Å². The molecule has 55 heavy (non-hydrogen) atoms. The summed E-state index contributed by atoms with van der Waals surface area (Å²) < 4.78 is 11.9. The van der Waals surface area contributed by atoms with Crippen LogP contribution in [0.3, 0.4) is 0 Å². The zero-order valence-electron chi connectivity index (χ0n) is 31.5. The Morgan fingerprint density at radius 2 is 1.09 bits per heavy atom. The number of para-hydroxylation sites is 6. The molecular formula is C48H41N3OSi3. The number of hydrogen-bond donors (Lipinski definition) is 0. The third-order valence-corrected chi connectivity index (χ3v) is 23.7. The summed E-state index contributed by atoms with van der Waals surface area (Å²) in [7, 11) is -4.87. The maximum Gasteiger partial charge on any atom is 0.220 e. The number of ether oxygens (including phenoxy) is 1. The van der Waals surface area contributed by atoms with Crippen molar-refractivity contribution in [2.45, 2.75) is 30.8 Å². The Hall–Kier alpha value is -5.74. The first-order chi connectivity index (χ1) is 27.0. The summed E-state index contributed by atoms with van der Waals surface area (Å²) in [5.41, 5.74) is 8.18. The van der Waals surface area contributed by atoms with E-state index < -0.39 is 25.7 Å². The van der Waals surface area contributed by atoms with Crippen molar-refractivity contribution in [2.75, 3.05) is 0 Å². The predicted octanol–water partition coefficient (Wildman–Crippen LogP) is 8.79. The third kappa shape index (κ3) is 4.76. The van der Waals surface area contributed by atoms with E-state index in [0.29, 0.717) is 0 Å². The zero-order valence-corrected chi connectivity index (χ0v) is 34.5. The largest absolute Gasteiger partial charge is 0.457 e. The molecule has 9 aromatic rings. The summed E-state index contributed by atoms with van der Waals surface area (Å²) in [4.78, 5) is 5.25. The Bertz CT molecular complexity index is 2830. The lowest BCUT2D eigenvalue weighted by atomic mass is 9.98. The molecule has 0 amide bonds. The van der Waals surface area contributed by atoms with Gasteiger partial charge in [-0.15, -0.1) is 0 Å². The highest BCUT2D eigenvalue weighted by atomic mass is 28.3. The second-order valence-corrected chi connectivity index (χ2v) is 24.9. The van der Waals surface area contributed by atoms with Gasteiger partial charge in [0.25, 0.3) is 0 Å². The zero-order chi connectivity index (χ0) is 37.3. The van der Waals surface area contributed by atoms with Crippen LogP contribution in [0.4, 0.5) is 0 Å². The molecule has 0 saturated carbocycles. The maximum atomic E-state index is 7.33. The first kappa shape index (κ1) is 33.8. The average molecular weight is 760 g/mol. The molecule has 0 saturated heterocycles. The molecule has 0 N–H and O–H groups in total. The third-order valence-electron chi connectivity index (χ3n) is 11.9. The second-order valence-electron chi connectivity index (χ2n) is 15.1. The van der Waals surface area contributed by atoms with Gasteiger partial charge in [-0.3, -0.25) is 8.97 Å². The molecule has 0 unspecified atom stereocenters. The number of rotatable bonds is 7. The molecule has 0 aliphatic carbocycles. The Kier molecular flexibility index (Phi) is 7.95. The fourth-order valence-corrected chi connectivity index (χ4v) is 21.6. The highest BCUT2D eigenvalue weighted by Crippen LogP contribution is 2.50. The van der Waals surface area contributed by atoms with E-state index in [1.54, 1.807) is 0 Å². The van der Waals surface area contributed by atoms with Crippen molar-refractivity contribution in [3.63, 3.8) is 0 Å². The number of fused-ring (bicyclic) bond motifs is 7. The SMILES string of the molecule is C[Si](C)C1([Si](C)C)c2ccccc2Oc2c1cccc2[Si](c1ccccc1)(c1ccccc1)c1cccc(-n2c3ccccc3n3c4ccccc4nc23)c1. The summed E-state index contributed by atoms with van der Waals surface area (Å²) in [5, 5.41) is 5.24. The van der Waals surface area contributed by atoms with Gasteiger partial charge in [-0.2, -0.15) is 0 Å². The summed E-state index contributed by atoms with van der Waals surface area (Å²) in [6.45, 7) is 10.0. The minimum atomic E-state index is -3.09. The first-order valence-electron chi connectivity index (χ1n) is 19.1. The summed E-state index contributed by atoms with van der Waals surface area (Å²) in [6, 6.07) is 64.9. The molecule has 1 aliphatic heterocycles. The molecule has 0 fully saturated rings. The van der Waals surface area contributed by atoms with E-state index in [1.165, 1.54) is 31.9 Å². The minimum Gasteiger partial charge on any atom is -0.457 e. The molecule has 0 atom stereocenters. The lowest BCUT2D eigenvalue weighted by Crippen LogP contribution is -2.75. The van der Waals surface area contributed by atoms with Crippen LogP contribution in [0.1, 0.15) is 11.1 Å². The summed E-state index contributed by atoms with van der Waals surface area (Å²) in [5.74, 6) is 2.97. The van der Waals surface area contributed by atoms with E-state index in [2.05, 4.69) is 211 Å². The normalized spacial score (nSPS) is 13.7. The summed E-state index contributed by atoms with van der Waals surface area (Å²) >= 11 is 0. The van der Waals surface area contributed by atoms with Crippen molar-refractivity contribution in [2.24, 2.45) is 0 Å². The summed E-state index contributed by atoms with van der Waals surface area (Å²) in [6.07, 6.45) is 0. The maximum absolute atomic E-state index is 7.33. The average Bonchev–Trinajstić information content (AvgIpc) is 3.76. The fourth-order valence-electron chi connectivity index (χ4n) is 9.76. The second kappa shape index (κ2) is 12.9. The van der Waals surface area contributed by atoms with Gasteiger partial charge in [-0.25, -0.2) is 4.98 Å². The Labute approximate surface area is 326 Å². The van der Waals surface area contributed by atoms with Gasteiger partial charge in [0.1, 0.15) is 11.5 Å². The van der Waals surface area contributed by atoms with Gasteiger partial charge in [-0.05, 0) is 74.3 Å².